The molecule has 3 rings (SSSR count). The first-order valence-corrected chi connectivity index (χ1v) is 7.05. The summed E-state index contributed by atoms with van der Waals surface area (Å²) in [6.45, 7) is 2.18. The van der Waals surface area contributed by atoms with Crippen LogP contribution in [-0.4, -0.2) is 25.6 Å². The third-order valence-electron chi connectivity index (χ3n) is 2.79. The summed E-state index contributed by atoms with van der Waals surface area (Å²) < 4.78 is 2.03. The van der Waals surface area contributed by atoms with Gasteiger partial charge in [-0.1, -0.05) is 19.1 Å². The van der Waals surface area contributed by atoms with E-state index in [0.717, 1.165) is 40.8 Å². The third-order valence-corrected chi connectivity index (χ3v) is 3.97. The second-order valence-corrected chi connectivity index (χ2v) is 5.30. The minimum atomic E-state index is 0.763. The van der Waals surface area contributed by atoms with Gasteiger partial charge in [0.15, 0.2) is 0 Å². The molecule has 0 saturated carbocycles. The number of aromatic nitrogens is 3. The minimum absolute atomic E-state index is 0.763. The molecule has 1 aliphatic heterocycles. The molecule has 2 aromatic rings. The van der Waals surface area contributed by atoms with E-state index in [4.69, 9.17) is 4.99 Å². The highest BCUT2D eigenvalue weighted by molar-refractivity contribution is 8.13. The Balaban J connectivity index is 2.07. The fraction of sp³-hybridized carbons (Fsp3) is 0.308. The summed E-state index contributed by atoms with van der Waals surface area (Å²) in [5.74, 6) is 2.05. The van der Waals surface area contributed by atoms with Gasteiger partial charge in [0.2, 0.25) is 0 Å². The number of rotatable bonds is 2. The molecular formula is C13H14N4S. The molecule has 0 amide bonds. The van der Waals surface area contributed by atoms with E-state index in [2.05, 4.69) is 23.2 Å². The molecule has 1 aromatic heterocycles. The molecule has 0 spiro atoms. The average Bonchev–Trinajstić information content (AvgIpc) is 2.79. The summed E-state index contributed by atoms with van der Waals surface area (Å²) in [6, 6.07) is 8.12. The van der Waals surface area contributed by atoms with Crippen molar-refractivity contribution in [2.75, 3.05) is 5.75 Å². The van der Waals surface area contributed by atoms with E-state index in [9.17, 15) is 0 Å². The molecule has 0 fully saturated rings. The molecule has 0 aliphatic carbocycles. The van der Waals surface area contributed by atoms with E-state index in [0.29, 0.717) is 0 Å². The molecule has 0 N–H and O–H groups in total. The highest BCUT2D eigenvalue weighted by Gasteiger charge is 2.17. The Morgan fingerprint density at radius 2 is 2.22 bits per heavy atom. The molecule has 0 atom stereocenters. The quantitative estimate of drug-likeness (QED) is 0.831. The molecule has 0 unspecified atom stereocenters. The van der Waals surface area contributed by atoms with Crippen LogP contribution < -0.4 is 0 Å². The standard InChI is InChI=1S/C13H14N4S/c1-2-7-18-13-8-12-16-14-9-17(12)11-6-4-3-5-10(11)15-13/h3-6,9H,2,7-8H2,1H3. The first kappa shape index (κ1) is 11.5. The van der Waals surface area contributed by atoms with Crippen LogP contribution in [0, 0.1) is 0 Å². The summed E-state index contributed by atoms with van der Waals surface area (Å²) in [5.41, 5.74) is 2.05. The fourth-order valence-corrected chi connectivity index (χ4v) is 2.79. The van der Waals surface area contributed by atoms with Crippen LogP contribution in [0.3, 0.4) is 0 Å². The largest absolute Gasteiger partial charge is 0.283 e. The monoisotopic (exact) mass is 258 g/mol. The van der Waals surface area contributed by atoms with Crippen LogP contribution in [0.15, 0.2) is 35.6 Å². The fourth-order valence-electron chi connectivity index (χ4n) is 1.96. The maximum Gasteiger partial charge on any atom is 0.144 e. The van der Waals surface area contributed by atoms with Crippen LogP contribution in [-0.2, 0) is 6.42 Å². The molecule has 0 radical (unpaired) electrons. The number of hydrogen-bond acceptors (Lipinski definition) is 4. The summed E-state index contributed by atoms with van der Waals surface area (Å²) in [7, 11) is 0. The van der Waals surface area contributed by atoms with Crippen molar-refractivity contribution in [1.29, 1.82) is 0 Å². The minimum Gasteiger partial charge on any atom is -0.283 e. The highest BCUT2D eigenvalue weighted by Crippen LogP contribution is 2.29. The van der Waals surface area contributed by atoms with Crippen LogP contribution in [0.5, 0.6) is 0 Å². The molecule has 92 valence electrons. The number of benzene rings is 1. The lowest BCUT2D eigenvalue weighted by atomic mass is 10.2. The predicted molar refractivity (Wildman–Crippen MR) is 74.9 cm³/mol. The van der Waals surface area contributed by atoms with Crippen molar-refractivity contribution in [3.05, 3.63) is 36.4 Å². The average molecular weight is 258 g/mol. The van der Waals surface area contributed by atoms with Gasteiger partial charge in [-0.25, -0.2) is 4.99 Å². The zero-order valence-corrected chi connectivity index (χ0v) is 11.0. The van der Waals surface area contributed by atoms with Gasteiger partial charge in [0.1, 0.15) is 12.2 Å². The number of hydrogen-bond donors (Lipinski definition) is 0. The summed E-state index contributed by atoms with van der Waals surface area (Å²) >= 11 is 1.81. The maximum atomic E-state index is 4.75. The Hall–Kier alpha value is -1.62. The normalized spacial score (nSPS) is 13.5. The number of aliphatic imine (C=N–C) groups is 1. The number of nitrogens with zero attached hydrogens (tertiary/aromatic N) is 4. The SMILES string of the molecule is CCCSC1=Nc2ccccc2-n2cnnc2C1. The van der Waals surface area contributed by atoms with E-state index in [1.165, 1.54) is 0 Å². The highest BCUT2D eigenvalue weighted by atomic mass is 32.2. The van der Waals surface area contributed by atoms with Crippen molar-refractivity contribution in [3.8, 4) is 5.69 Å². The van der Waals surface area contributed by atoms with Gasteiger partial charge in [0, 0.05) is 0 Å². The molecule has 18 heavy (non-hydrogen) atoms. The Bertz CT molecular complexity index is 588. The zero-order valence-electron chi connectivity index (χ0n) is 10.2. The van der Waals surface area contributed by atoms with Gasteiger partial charge in [0.25, 0.3) is 0 Å². The van der Waals surface area contributed by atoms with Crippen LogP contribution in [0.2, 0.25) is 0 Å². The Labute approximate surface area is 110 Å². The summed E-state index contributed by atoms with van der Waals surface area (Å²) in [6.07, 6.45) is 3.68. The lowest BCUT2D eigenvalue weighted by Crippen LogP contribution is -2.03. The molecule has 4 nitrogen and oxygen atoms in total. The van der Waals surface area contributed by atoms with Crippen LogP contribution >= 0.6 is 11.8 Å². The third kappa shape index (κ3) is 2.06. The first-order chi connectivity index (χ1) is 8.88. The lowest BCUT2D eigenvalue weighted by molar-refractivity contribution is 0.950. The number of para-hydroxylation sites is 2. The summed E-state index contributed by atoms with van der Waals surface area (Å²) in [4.78, 5) is 4.75. The van der Waals surface area contributed by atoms with Crippen molar-refractivity contribution in [2.45, 2.75) is 19.8 Å². The van der Waals surface area contributed by atoms with Gasteiger partial charge in [-0.15, -0.1) is 22.0 Å². The zero-order chi connectivity index (χ0) is 12.4. The topological polar surface area (TPSA) is 43.1 Å². The number of fused-ring (bicyclic) bond motifs is 3. The van der Waals surface area contributed by atoms with Gasteiger partial charge < -0.3 is 0 Å². The molecule has 1 aliphatic rings. The Morgan fingerprint density at radius 1 is 1.33 bits per heavy atom. The molecule has 1 aromatic carbocycles. The molecule has 2 heterocycles. The predicted octanol–water partition coefficient (Wildman–Crippen LogP) is 3.00. The van der Waals surface area contributed by atoms with Crippen molar-refractivity contribution in [3.63, 3.8) is 0 Å². The smallest absolute Gasteiger partial charge is 0.144 e. The molecular weight excluding hydrogens is 244 g/mol. The van der Waals surface area contributed by atoms with Gasteiger partial charge in [-0.05, 0) is 24.3 Å². The van der Waals surface area contributed by atoms with Crippen molar-refractivity contribution >= 4 is 22.5 Å². The van der Waals surface area contributed by atoms with E-state index in [1.54, 1.807) is 6.33 Å². The Morgan fingerprint density at radius 3 is 3.11 bits per heavy atom. The molecule has 0 saturated heterocycles. The van der Waals surface area contributed by atoms with Crippen LogP contribution in [0.25, 0.3) is 5.69 Å². The molecule has 5 heteroatoms. The molecule has 0 bridgehead atoms. The van der Waals surface area contributed by atoms with E-state index in [1.807, 2.05) is 34.5 Å². The van der Waals surface area contributed by atoms with Gasteiger partial charge in [-0.2, -0.15) is 0 Å². The van der Waals surface area contributed by atoms with Crippen molar-refractivity contribution in [1.82, 2.24) is 14.8 Å². The lowest BCUT2D eigenvalue weighted by Gasteiger charge is -2.04. The van der Waals surface area contributed by atoms with Crippen molar-refractivity contribution in [2.24, 2.45) is 4.99 Å². The Kier molecular flexibility index (Phi) is 3.15. The van der Waals surface area contributed by atoms with Crippen molar-refractivity contribution < 1.29 is 0 Å². The first-order valence-electron chi connectivity index (χ1n) is 6.07. The van der Waals surface area contributed by atoms with E-state index >= 15 is 0 Å². The van der Waals surface area contributed by atoms with Gasteiger partial charge in [0.05, 0.1) is 22.8 Å². The maximum absolute atomic E-state index is 4.75. The second-order valence-electron chi connectivity index (χ2n) is 4.14. The van der Waals surface area contributed by atoms with E-state index < -0.39 is 0 Å². The number of thioether (sulfide) groups is 1. The van der Waals surface area contributed by atoms with Crippen LogP contribution in [0.4, 0.5) is 5.69 Å². The van der Waals surface area contributed by atoms with Gasteiger partial charge >= 0.3 is 0 Å². The second kappa shape index (κ2) is 4.94. The van der Waals surface area contributed by atoms with Crippen LogP contribution in [0.1, 0.15) is 19.2 Å². The summed E-state index contributed by atoms with van der Waals surface area (Å²) in [5, 5.41) is 9.32. The van der Waals surface area contributed by atoms with Gasteiger partial charge in [-0.3, -0.25) is 4.57 Å². The van der Waals surface area contributed by atoms with E-state index in [-0.39, 0.29) is 0 Å².